The molecule has 21 heavy (non-hydrogen) atoms. The SMILES string of the molecule is CCC(=O)Nc1c(I)cc(I)c(CC(CC)C(=O)O)c1I. The van der Waals surface area contributed by atoms with E-state index in [1.807, 2.05) is 13.0 Å². The Morgan fingerprint density at radius 2 is 1.86 bits per heavy atom. The summed E-state index contributed by atoms with van der Waals surface area (Å²) in [5.74, 6) is -1.22. The summed E-state index contributed by atoms with van der Waals surface area (Å²) in [5.41, 5.74) is 1.79. The molecule has 0 aliphatic carbocycles. The molecule has 1 rings (SSSR count). The average molecular weight is 627 g/mol. The lowest BCUT2D eigenvalue weighted by Gasteiger charge is -2.17. The van der Waals surface area contributed by atoms with Crippen LogP contribution in [0.25, 0.3) is 0 Å². The molecular formula is C14H16I3NO3. The number of rotatable bonds is 6. The zero-order valence-corrected chi connectivity index (χ0v) is 18.1. The highest BCUT2D eigenvalue weighted by Gasteiger charge is 2.22. The van der Waals surface area contributed by atoms with Crippen LogP contribution in [0, 0.1) is 16.6 Å². The van der Waals surface area contributed by atoms with E-state index in [1.54, 1.807) is 6.92 Å². The maximum Gasteiger partial charge on any atom is 0.306 e. The van der Waals surface area contributed by atoms with E-state index in [-0.39, 0.29) is 5.91 Å². The standard InChI is InChI=1S/C14H16I3NO3/c1-3-7(14(20)21)5-8-9(15)6-10(16)13(12(8)17)18-11(19)4-2/h6-7H,3-5H2,1-2H3,(H,18,19)(H,20,21). The number of aliphatic carboxylic acids is 1. The molecule has 1 atom stereocenters. The third-order valence-corrected chi connectivity index (χ3v) is 6.15. The molecule has 1 aromatic rings. The Bertz CT molecular complexity index is 561. The summed E-state index contributed by atoms with van der Waals surface area (Å²) in [6.07, 6.45) is 1.48. The predicted molar refractivity (Wildman–Crippen MR) is 109 cm³/mol. The highest BCUT2D eigenvalue weighted by Crippen LogP contribution is 2.33. The Hall–Kier alpha value is 0.350. The zero-order chi connectivity index (χ0) is 16.2. The number of carbonyl (C=O) groups is 2. The summed E-state index contributed by atoms with van der Waals surface area (Å²) in [4.78, 5) is 22.9. The van der Waals surface area contributed by atoms with Gasteiger partial charge in [-0.05, 0) is 92.2 Å². The van der Waals surface area contributed by atoms with Gasteiger partial charge in [0.25, 0.3) is 0 Å². The van der Waals surface area contributed by atoms with Crippen molar-refractivity contribution < 1.29 is 14.7 Å². The molecule has 1 amide bonds. The maximum absolute atomic E-state index is 11.7. The monoisotopic (exact) mass is 627 g/mol. The second-order valence-electron chi connectivity index (χ2n) is 4.56. The fourth-order valence-corrected chi connectivity index (χ4v) is 5.89. The normalized spacial score (nSPS) is 12.0. The molecule has 0 aliphatic rings. The fourth-order valence-electron chi connectivity index (χ4n) is 1.81. The van der Waals surface area contributed by atoms with Gasteiger partial charge in [0.1, 0.15) is 0 Å². The van der Waals surface area contributed by atoms with Crippen LogP contribution in [0.3, 0.4) is 0 Å². The van der Waals surface area contributed by atoms with Crippen molar-refractivity contribution >= 4 is 85.3 Å². The number of anilines is 1. The summed E-state index contributed by atoms with van der Waals surface area (Å²) >= 11 is 6.62. The lowest BCUT2D eigenvalue weighted by atomic mass is 9.97. The van der Waals surface area contributed by atoms with Gasteiger partial charge in [-0.15, -0.1) is 0 Å². The minimum absolute atomic E-state index is 0.0386. The Kier molecular flexibility index (Phi) is 8.17. The van der Waals surface area contributed by atoms with Crippen molar-refractivity contribution in [1.29, 1.82) is 0 Å². The molecule has 0 radical (unpaired) electrons. The quantitative estimate of drug-likeness (QED) is 0.457. The van der Waals surface area contributed by atoms with Gasteiger partial charge < -0.3 is 10.4 Å². The van der Waals surface area contributed by atoms with E-state index in [0.717, 1.165) is 22.0 Å². The summed E-state index contributed by atoms with van der Waals surface area (Å²) in [5, 5.41) is 12.2. The highest BCUT2D eigenvalue weighted by atomic mass is 127. The van der Waals surface area contributed by atoms with Gasteiger partial charge in [-0.25, -0.2) is 0 Å². The average Bonchev–Trinajstić information content (AvgIpc) is 2.42. The molecule has 1 unspecified atom stereocenters. The first-order chi connectivity index (χ1) is 9.81. The number of amides is 1. The van der Waals surface area contributed by atoms with Gasteiger partial charge in [-0.3, -0.25) is 9.59 Å². The molecule has 2 N–H and O–H groups in total. The van der Waals surface area contributed by atoms with Gasteiger partial charge in [0.15, 0.2) is 0 Å². The van der Waals surface area contributed by atoms with Crippen molar-refractivity contribution in [3.8, 4) is 0 Å². The Labute approximate surface area is 165 Å². The van der Waals surface area contributed by atoms with Crippen molar-refractivity contribution in [3.05, 3.63) is 22.3 Å². The van der Waals surface area contributed by atoms with Crippen LogP contribution in [0.15, 0.2) is 6.07 Å². The Balaban J connectivity index is 3.23. The van der Waals surface area contributed by atoms with E-state index < -0.39 is 11.9 Å². The molecule has 116 valence electrons. The summed E-state index contributed by atoms with van der Waals surface area (Å²) in [7, 11) is 0. The largest absolute Gasteiger partial charge is 0.481 e. The third kappa shape index (κ3) is 5.19. The fraction of sp³-hybridized carbons (Fsp3) is 0.429. The molecule has 0 saturated heterocycles. The Morgan fingerprint density at radius 1 is 1.24 bits per heavy atom. The van der Waals surface area contributed by atoms with Gasteiger partial charge in [0, 0.05) is 17.1 Å². The minimum atomic E-state index is -0.776. The third-order valence-electron chi connectivity index (χ3n) is 3.14. The predicted octanol–water partition coefficient (Wildman–Crippen LogP) is 4.50. The second-order valence-corrected chi connectivity index (χ2v) is 7.96. The molecule has 0 aliphatic heterocycles. The molecule has 7 heteroatoms. The number of benzene rings is 1. The topological polar surface area (TPSA) is 66.4 Å². The van der Waals surface area contributed by atoms with E-state index in [9.17, 15) is 14.7 Å². The molecular weight excluding hydrogens is 611 g/mol. The van der Waals surface area contributed by atoms with Crippen LogP contribution in [0.2, 0.25) is 0 Å². The number of carboxylic acid groups (broad SMARTS) is 1. The van der Waals surface area contributed by atoms with Gasteiger partial charge in [-0.1, -0.05) is 13.8 Å². The number of nitrogens with one attached hydrogen (secondary N) is 1. The molecule has 0 spiro atoms. The Morgan fingerprint density at radius 3 is 2.33 bits per heavy atom. The van der Waals surface area contributed by atoms with E-state index in [0.29, 0.717) is 19.3 Å². The van der Waals surface area contributed by atoms with Crippen molar-refractivity contribution in [2.24, 2.45) is 5.92 Å². The molecule has 0 aromatic heterocycles. The lowest BCUT2D eigenvalue weighted by Crippen LogP contribution is -2.18. The molecule has 0 heterocycles. The minimum Gasteiger partial charge on any atom is -0.481 e. The van der Waals surface area contributed by atoms with Crippen LogP contribution in [0.4, 0.5) is 5.69 Å². The van der Waals surface area contributed by atoms with E-state index >= 15 is 0 Å². The van der Waals surface area contributed by atoms with Crippen LogP contribution < -0.4 is 5.32 Å². The van der Waals surface area contributed by atoms with Crippen LogP contribution in [0.1, 0.15) is 32.3 Å². The molecule has 0 bridgehead atoms. The number of carboxylic acids is 1. The van der Waals surface area contributed by atoms with Gasteiger partial charge in [0.2, 0.25) is 5.91 Å². The summed E-state index contributed by atoms with van der Waals surface area (Å²) < 4.78 is 2.94. The van der Waals surface area contributed by atoms with Crippen molar-refractivity contribution in [3.63, 3.8) is 0 Å². The molecule has 4 nitrogen and oxygen atoms in total. The van der Waals surface area contributed by atoms with Crippen LogP contribution >= 0.6 is 67.8 Å². The van der Waals surface area contributed by atoms with Gasteiger partial charge >= 0.3 is 5.97 Å². The summed E-state index contributed by atoms with van der Waals surface area (Å²) in [6, 6.07) is 1.98. The first-order valence-electron chi connectivity index (χ1n) is 6.50. The lowest BCUT2D eigenvalue weighted by molar-refractivity contribution is -0.141. The van der Waals surface area contributed by atoms with Gasteiger partial charge in [0.05, 0.1) is 11.6 Å². The highest BCUT2D eigenvalue weighted by molar-refractivity contribution is 14.1. The maximum atomic E-state index is 11.7. The number of hydrogen-bond donors (Lipinski definition) is 2. The number of carbonyl (C=O) groups excluding carboxylic acids is 1. The first kappa shape index (κ1) is 19.4. The van der Waals surface area contributed by atoms with E-state index in [4.69, 9.17) is 0 Å². The number of hydrogen-bond acceptors (Lipinski definition) is 2. The van der Waals surface area contributed by atoms with E-state index in [1.165, 1.54) is 0 Å². The summed E-state index contributed by atoms with van der Waals surface area (Å²) in [6.45, 7) is 3.69. The van der Waals surface area contributed by atoms with Crippen LogP contribution in [0.5, 0.6) is 0 Å². The first-order valence-corrected chi connectivity index (χ1v) is 9.74. The smallest absolute Gasteiger partial charge is 0.306 e. The van der Waals surface area contributed by atoms with Crippen molar-refractivity contribution in [2.75, 3.05) is 5.32 Å². The van der Waals surface area contributed by atoms with Crippen molar-refractivity contribution in [2.45, 2.75) is 33.1 Å². The second kappa shape index (κ2) is 8.85. The van der Waals surface area contributed by atoms with Crippen LogP contribution in [-0.2, 0) is 16.0 Å². The molecule has 0 fully saturated rings. The van der Waals surface area contributed by atoms with Gasteiger partial charge in [-0.2, -0.15) is 0 Å². The molecule has 0 saturated carbocycles. The zero-order valence-electron chi connectivity index (χ0n) is 11.7. The van der Waals surface area contributed by atoms with E-state index in [2.05, 4.69) is 73.1 Å². The number of halogens is 3. The molecule has 1 aromatic carbocycles. The van der Waals surface area contributed by atoms with Crippen LogP contribution in [-0.4, -0.2) is 17.0 Å². The van der Waals surface area contributed by atoms with Crippen molar-refractivity contribution in [1.82, 2.24) is 0 Å².